The standard InChI is InChI=1S/C28H36N8O4/c1-27(2,3)40-26(37)35-9-10-38-21(16-35)18-39-20-11-22(25-19(12-29)13-33-36(25)17-20)23-14-32-24(15-31-23)34-7-5-28(4,30)6-8-34/h11,13-15,17,21H,5-10,16,18,30H2,1-4H3/t21-/m1/s1. The fourth-order valence-electron chi connectivity index (χ4n) is 4.82. The van der Waals surface area contributed by atoms with Gasteiger partial charge >= 0.3 is 6.09 Å². The largest absolute Gasteiger partial charge is 0.489 e. The van der Waals surface area contributed by atoms with E-state index in [-0.39, 0.29) is 24.3 Å². The molecule has 0 saturated carbocycles. The lowest BCUT2D eigenvalue weighted by atomic mass is 9.91. The smallest absolute Gasteiger partial charge is 0.410 e. The number of piperidine rings is 1. The lowest BCUT2D eigenvalue weighted by Gasteiger charge is -2.37. The van der Waals surface area contributed by atoms with Crippen molar-refractivity contribution in [1.29, 1.82) is 5.26 Å². The zero-order valence-corrected chi connectivity index (χ0v) is 23.5. The van der Waals surface area contributed by atoms with Crippen LogP contribution in [0.1, 0.15) is 46.1 Å². The minimum absolute atomic E-state index is 0.150. The Hall–Kier alpha value is -3.95. The predicted octanol–water partition coefficient (Wildman–Crippen LogP) is 3.00. The molecule has 0 spiro atoms. The van der Waals surface area contributed by atoms with Crippen LogP contribution in [-0.2, 0) is 9.47 Å². The second-order valence-corrected chi connectivity index (χ2v) is 11.7. The number of hydrogen-bond donors (Lipinski definition) is 1. The van der Waals surface area contributed by atoms with Crippen molar-refractivity contribution < 1.29 is 19.0 Å². The van der Waals surface area contributed by atoms with E-state index >= 15 is 0 Å². The molecule has 1 amide bonds. The van der Waals surface area contributed by atoms with Gasteiger partial charge in [0.2, 0.25) is 0 Å². The summed E-state index contributed by atoms with van der Waals surface area (Å²) < 4.78 is 19.1. The third kappa shape index (κ3) is 6.26. The van der Waals surface area contributed by atoms with E-state index in [0.717, 1.165) is 31.7 Å². The number of ether oxygens (including phenoxy) is 3. The summed E-state index contributed by atoms with van der Waals surface area (Å²) in [5.41, 5.74) is 7.88. The minimum Gasteiger partial charge on any atom is -0.489 e. The van der Waals surface area contributed by atoms with Crippen molar-refractivity contribution in [3.8, 4) is 23.1 Å². The summed E-state index contributed by atoms with van der Waals surface area (Å²) >= 11 is 0. The summed E-state index contributed by atoms with van der Waals surface area (Å²) in [5, 5.41) is 14.0. The molecular weight excluding hydrogens is 512 g/mol. The SMILES string of the molecule is CC1(N)CCN(c2cnc(-c3cc(OC[C@H]4CN(C(=O)OC(C)(C)C)CCO4)cn4ncc(C#N)c34)cn2)CC1. The molecule has 1 atom stereocenters. The highest BCUT2D eigenvalue weighted by atomic mass is 16.6. The summed E-state index contributed by atoms with van der Waals surface area (Å²) in [5.74, 6) is 1.32. The van der Waals surface area contributed by atoms with Crippen molar-refractivity contribution in [2.24, 2.45) is 5.73 Å². The van der Waals surface area contributed by atoms with Crippen LogP contribution in [0.15, 0.2) is 30.9 Å². The van der Waals surface area contributed by atoms with Crippen molar-refractivity contribution in [3.05, 3.63) is 36.4 Å². The van der Waals surface area contributed by atoms with Crippen LogP contribution in [0, 0.1) is 11.3 Å². The number of amides is 1. The van der Waals surface area contributed by atoms with Crippen molar-refractivity contribution in [2.75, 3.05) is 44.3 Å². The molecule has 212 valence electrons. The van der Waals surface area contributed by atoms with Gasteiger partial charge in [-0.3, -0.25) is 4.98 Å². The second kappa shape index (κ2) is 10.9. The van der Waals surface area contributed by atoms with Crippen molar-refractivity contribution in [3.63, 3.8) is 0 Å². The molecule has 3 aromatic rings. The number of carbonyl (C=O) groups is 1. The van der Waals surface area contributed by atoms with E-state index in [9.17, 15) is 10.1 Å². The highest BCUT2D eigenvalue weighted by molar-refractivity contribution is 5.83. The molecule has 0 unspecified atom stereocenters. The van der Waals surface area contributed by atoms with Crippen molar-refractivity contribution >= 4 is 17.4 Å². The van der Waals surface area contributed by atoms with E-state index in [1.807, 2.05) is 26.8 Å². The molecule has 5 heterocycles. The monoisotopic (exact) mass is 548 g/mol. The molecule has 2 saturated heterocycles. The first-order chi connectivity index (χ1) is 19.0. The van der Waals surface area contributed by atoms with Gasteiger partial charge in [0.1, 0.15) is 35.9 Å². The number of morpholine rings is 1. The van der Waals surface area contributed by atoms with Crippen LogP contribution < -0.4 is 15.4 Å². The molecule has 0 aromatic carbocycles. The molecule has 0 bridgehead atoms. The molecule has 2 fully saturated rings. The minimum atomic E-state index is -0.569. The maximum atomic E-state index is 12.5. The van der Waals surface area contributed by atoms with Crippen LogP contribution >= 0.6 is 0 Å². The number of nitrogens with zero attached hydrogens (tertiary/aromatic N) is 7. The van der Waals surface area contributed by atoms with Gasteiger partial charge < -0.3 is 29.7 Å². The van der Waals surface area contributed by atoms with Crippen LogP contribution in [0.2, 0.25) is 0 Å². The molecule has 12 nitrogen and oxygen atoms in total. The van der Waals surface area contributed by atoms with Crippen molar-refractivity contribution in [1.82, 2.24) is 24.5 Å². The van der Waals surface area contributed by atoms with Crippen LogP contribution in [0.25, 0.3) is 16.8 Å². The molecule has 40 heavy (non-hydrogen) atoms. The Bertz CT molecular complexity index is 1400. The molecule has 2 aliphatic rings. The fourth-order valence-corrected chi connectivity index (χ4v) is 4.82. The highest BCUT2D eigenvalue weighted by Gasteiger charge is 2.29. The lowest BCUT2D eigenvalue weighted by Crippen LogP contribution is -2.49. The zero-order chi connectivity index (χ0) is 28.5. The fraction of sp³-hybridized carbons (Fsp3) is 0.536. The van der Waals surface area contributed by atoms with Crippen LogP contribution in [0.3, 0.4) is 0 Å². The number of anilines is 1. The van der Waals surface area contributed by atoms with E-state index in [1.54, 1.807) is 28.0 Å². The van der Waals surface area contributed by atoms with E-state index in [4.69, 9.17) is 24.9 Å². The number of hydrogen-bond acceptors (Lipinski definition) is 10. The summed E-state index contributed by atoms with van der Waals surface area (Å²) in [6.45, 7) is 10.7. The van der Waals surface area contributed by atoms with Crippen molar-refractivity contribution in [2.45, 2.75) is 57.8 Å². The first-order valence-electron chi connectivity index (χ1n) is 13.5. The Balaban J connectivity index is 1.33. The Morgan fingerprint density at radius 1 is 1.23 bits per heavy atom. The van der Waals surface area contributed by atoms with E-state index in [0.29, 0.717) is 47.8 Å². The van der Waals surface area contributed by atoms with Gasteiger partial charge in [0, 0.05) is 30.7 Å². The average molecular weight is 549 g/mol. The maximum Gasteiger partial charge on any atom is 0.410 e. The molecule has 12 heteroatoms. The van der Waals surface area contributed by atoms with Gasteiger partial charge in [-0.1, -0.05) is 0 Å². The second-order valence-electron chi connectivity index (χ2n) is 11.7. The number of rotatable bonds is 5. The van der Waals surface area contributed by atoms with Gasteiger partial charge in [-0.05, 0) is 46.6 Å². The number of aromatic nitrogens is 4. The Labute approximate surface area is 233 Å². The molecule has 0 aliphatic carbocycles. The number of carbonyl (C=O) groups excluding carboxylic acids is 1. The van der Waals surface area contributed by atoms with Gasteiger partial charge in [-0.2, -0.15) is 10.4 Å². The van der Waals surface area contributed by atoms with E-state index in [2.05, 4.69) is 28.0 Å². The quantitative estimate of drug-likeness (QED) is 0.505. The number of pyridine rings is 1. The summed E-state index contributed by atoms with van der Waals surface area (Å²) in [7, 11) is 0. The number of fused-ring (bicyclic) bond motifs is 1. The third-order valence-electron chi connectivity index (χ3n) is 7.08. The summed E-state index contributed by atoms with van der Waals surface area (Å²) in [4.78, 5) is 25.7. The Morgan fingerprint density at radius 3 is 2.67 bits per heavy atom. The Morgan fingerprint density at radius 2 is 2.00 bits per heavy atom. The highest BCUT2D eigenvalue weighted by Crippen LogP contribution is 2.31. The topological polar surface area (TPSA) is 144 Å². The lowest BCUT2D eigenvalue weighted by molar-refractivity contribution is -0.0557. The van der Waals surface area contributed by atoms with Gasteiger partial charge in [0.25, 0.3) is 0 Å². The maximum absolute atomic E-state index is 12.5. The summed E-state index contributed by atoms with van der Waals surface area (Å²) in [6, 6.07) is 4.03. The zero-order valence-electron chi connectivity index (χ0n) is 23.5. The first-order valence-corrected chi connectivity index (χ1v) is 13.5. The number of nitriles is 1. The van der Waals surface area contributed by atoms with Crippen LogP contribution in [-0.4, -0.2) is 87.2 Å². The number of nitrogens with two attached hydrogens (primary N) is 1. The van der Waals surface area contributed by atoms with Gasteiger partial charge in [0.05, 0.1) is 54.7 Å². The first kappa shape index (κ1) is 27.6. The molecule has 5 rings (SSSR count). The van der Waals surface area contributed by atoms with Gasteiger partial charge in [0.15, 0.2) is 0 Å². The normalized spacial score (nSPS) is 19.4. The van der Waals surface area contributed by atoms with E-state index < -0.39 is 5.60 Å². The van der Waals surface area contributed by atoms with Crippen LogP contribution in [0.5, 0.6) is 5.75 Å². The molecule has 0 radical (unpaired) electrons. The van der Waals surface area contributed by atoms with E-state index in [1.165, 1.54) is 6.20 Å². The molecule has 2 N–H and O–H groups in total. The molecule has 2 aliphatic heterocycles. The van der Waals surface area contributed by atoms with Crippen LogP contribution in [0.4, 0.5) is 10.6 Å². The van der Waals surface area contributed by atoms with Gasteiger partial charge in [-0.25, -0.2) is 14.3 Å². The third-order valence-corrected chi connectivity index (χ3v) is 7.08. The molecule has 3 aromatic heterocycles. The molecular formula is C28H36N8O4. The summed E-state index contributed by atoms with van der Waals surface area (Å²) in [6.07, 6.45) is 7.78. The predicted molar refractivity (Wildman–Crippen MR) is 148 cm³/mol. The Kier molecular flexibility index (Phi) is 7.53. The van der Waals surface area contributed by atoms with Gasteiger partial charge in [-0.15, -0.1) is 0 Å². The average Bonchev–Trinajstić information content (AvgIpc) is 3.34.